The van der Waals surface area contributed by atoms with Gasteiger partial charge in [0.2, 0.25) is 5.95 Å². The van der Waals surface area contributed by atoms with Gasteiger partial charge in [-0.25, -0.2) is 16.1 Å². The fraction of sp³-hybridized carbons (Fsp3) is 0.417. The number of rotatable bonds is 0. The first-order valence-electron chi connectivity index (χ1n) is 5.55. The van der Waals surface area contributed by atoms with Crippen molar-refractivity contribution in [1.82, 2.24) is 14.6 Å². The zero-order chi connectivity index (χ0) is 13.1. The zero-order valence-electron chi connectivity index (χ0n) is 9.91. The fourth-order valence-electron chi connectivity index (χ4n) is 2.67. The first kappa shape index (κ1) is 11.6. The summed E-state index contributed by atoms with van der Waals surface area (Å²) < 4.78 is 15.4. The molecule has 0 saturated heterocycles. The maximum atomic E-state index is 13.6. The molecule has 0 radical (unpaired) electrons. The second-order valence-corrected chi connectivity index (χ2v) is 5.93. The number of nitrogens with zero attached hydrogens (tertiary/aromatic N) is 4. The third-order valence-corrected chi connectivity index (χ3v) is 4.12. The number of aromatic nitrogens is 3. The maximum Gasteiger partial charge on any atom is 0.252 e. The minimum atomic E-state index is -0.571. The van der Waals surface area contributed by atoms with Crippen molar-refractivity contribution >= 4 is 21.6 Å². The van der Waals surface area contributed by atoms with Gasteiger partial charge in [-0.05, 0) is 15.9 Å². The summed E-state index contributed by atoms with van der Waals surface area (Å²) in [6.45, 7) is 11.3. The van der Waals surface area contributed by atoms with E-state index in [1.807, 2.05) is 13.8 Å². The Morgan fingerprint density at radius 2 is 2.33 bits per heavy atom. The van der Waals surface area contributed by atoms with Crippen molar-refractivity contribution in [2.24, 2.45) is 0 Å². The molecule has 3 rings (SSSR count). The molecular formula is C12H10BrFN4. The Balaban J connectivity index is 2.43. The van der Waals surface area contributed by atoms with Gasteiger partial charge in [0.1, 0.15) is 4.47 Å². The summed E-state index contributed by atoms with van der Waals surface area (Å²) in [5.74, 6) is -0.571. The van der Waals surface area contributed by atoms with Crippen LogP contribution >= 0.6 is 15.9 Å². The van der Waals surface area contributed by atoms with Crippen LogP contribution in [0.5, 0.6) is 0 Å². The predicted molar refractivity (Wildman–Crippen MR) is 67.6 cm³/mol. The molecule has 2 aromatic heterocycles. The molecule has 0 fully saturated rings. The predicted octanol–water partition coefficient (Wildman–Crippen LogP) is 3.27. The van der Waals surface area contributed by atoms with E-state index < -0.39 is 5.95 Å². The van der Waals surface area contributed by atoms with Crippen molar-refractivity contribution in [3.05, 3.63) is 39.3 Å². The average molecular weight is 309 g/mol. The van der Waals surface area contributed by atoms with E-state index in [1.54, 1.807) is 6.20 Å². The minimum absolute atomic E-state index is 0.205. The Morgan fingerprint density at radius 3 is 3.00 bits per heavy atom. The van der Waals surface area contributed by atoms with E-state index in [1.165, 1.54) is 4.52 Å². The van der Waals surface area contributed by atoms with Crippen LogP contribution in [0, 0.1) is 12.5 Å². The molecule has 1 aliphatic rings. The first-order chi connectivity index (χ1) is 8.45. The monoisotopic (exact) mass is 308 g/mol. The van der Waals surface area contributed by atoms with Crippen molar-refractivity contribution in [1.29, 1.82) is 0 Å². The van der Waals surface area contributed by atoms with Crippen LogP contribution in [-0.2, 0) is 5.41 Å². The molecule has 0 N–H and O–H groups in total. The highest BCUT2D eigenvalue weighted by atomic mass is 79.9. The molecule has 2 aromatic rings. The highest BCUT2D eigenvalue weighted by Gasteiger charge is 2.44. The van der Waals surface area contributed by atoms with Gasteiger partial charge in [0.05, 0.1) is 11.3 Å². The molecule has 0 saturated carbocycles. The van der Waals surface area contributed by atoms with Crippen LogP contribution in [0.3, 0.4) is 0 Å². The lowest BCUT2D eigenvalue weighted by Gasteiger charge is -2.17. The molecule has 4 nitrogen and oxygen atoms in total. The van der Waals surface area contributed by atoms with Crippen LogP contribution in [0.2, 0.25) is 0 Å². The zero-order valence-corrected chi connectivity index (χ0v) is 11.5. The molecule has 0 aliphatic heterocycles. The van der Waals surface area contributed by atoms with Crippen LogP contribution in [-0.4, -0.2) is 14.6 Å². The number of hydrogen-bond acceptors (Lipinski definition) is 2. The molecule has 1 atom stereocenters. The number of fused-ring (bicyclic) bond motifs is 3. The Hall–Kier alpha value is -1.48. The van der Waals surface area contributed by atoms with Crippen molar-refractivity contribution in [2.45, 2.75) is 31.7 Å². The van der Waals surface area contributed by atoms with E-state index in [2.05, 4.69) is 30.9 Å². The van der Waals surface area contributed by atoms with Gasteiger partial charge in [-0.15, -0.1) is 5.10 Å². The summed E-state index contributed by atoms with van der Waals surface area (Å²) in [6.07, 6.45) is 2.39. The molecule has 0 bridgehead atoms. The van der Waals surface area contributed by atoms with E-state index in [0.29, 0.717) is 12.1 Å². The van der Waals surface area contributed by atoms with Crippen LogP contribution in [0.15, 0.2) is 10.7 Å². The van der Waals surface area contributed by atoms with Gasteiger partial charge in [-0.2, -0.15) is 4.39 Å². The first-order valence-corrected chi connectivity index (χ1v) is 6.34. The lowest BCUT2D eigenvalue weighted by Crippen LogP contribution is -2.17. The van der Waals surface area contributed by atoms with E-state index in [4.69, 9.17) is 6.57 Å². The quantitative estimate of drug-likeness (QED) is 0.700. The van der Waals surface area contributed by atoms with Gasteiger partial charge in [0.25, 0.3) is 6.04 Å². The fourth-order valence-corrected chi connectivity index (χ4v) is 3.02. The van der Waals surface area contributed by atoms with Gasteiger partial charge in [-0.3, -0.25) is 0 Å². The molecule has 0 spiro atoms. The molecule has 1 unspecified atom stereocenters. The largest absolute Gasteiger partial charge is 0.308 e. The van der Waals surface area contributed by atoms with Crippen LogP contribution in [0.25, 0.3) is 10.5 Å². The van der Waals surface area contributed by atoms with Gasteiger partial charge in [0.15, 0.2) is 5.65 Å². The summed E-state index contributed by atoms with van der Waals surface area (Å²) in [5.41, 5.74) is 2.00. The molecule has 6 heteroatoms. The Labute approximate surface area is 112 Å². The van der Waals surface area contributed by atoms with E-state index in [0.717, 1.165) is 11.3 Å². The average Bonchev–Trinajstić information content (AvgIpc) is 2.75. The third kappa shape index (κ3) is 1.34. The van der Waals surface area contributed by atoms with E-state index >= 15 is 0 Å². The molecule has 0 aromatic carbocycles. The Kier molecular flexibility index (Phi) is 2.26. The molecular weight excluding hydrogens is 299 g/mol. The summed E-state index contributed by atoms with van der Waals surface area (Å²) >= 11 is 3.15. The van der Waals surface area contributed by atoms with Crippen LogP contribution in [0.1, 0.15) is 37.6 Å². The lowest BCUT2D eigenvalue weighted by molar-refractivity contribution is 0.475. The van der Waals surface area contributed by atoms with Crippen LogP contribution < -0.4 is 0 Å². The van der Waals surface area contributed by atoms with Crippen LogP contribution in [0.4, 0.5) is 4.39 Å². The van der Waals surface area contributed by atoms with Crippen molar-refractivity contribution in [3.8, 4) is 0 Å². The maximum absolute atomic E-state index is 13.6. The molecule has 92 valence electrons. The lowest BCUT2D eigenvalue weighted by atomic mass is 9.90. The standard InChI is InChI=1S/C12H10BrFN4/c1-12(2)4-7(15-3)6-5-16-11-8(13)10(14)17-18(11)9(6)12/h5,7H,4H2,1-2H3. The van der Waals surface area contributed by atoms with E-state index in [-0.39, 0.29) is 15.9 Å². The third-order valence-electron chi connectivity index (χ3n) is 3.44. The molecule has 18 heavy (non-hydrogen) atoms. The summed E-state index contributed by atoms with van der Waals surface area (Å²) in [5, 5.41) is 3.89. The highest BCUT2D eigenvalue weighted by molar-refractivity contribution is 9.10. The topological polar surface area (TPSA) is 34.5 Å². The minimum Gasteiger partial charge on any atom is -0.308 e. The van der Waals surface area contributed by atoms with Crippen molar-refractivity contribution in [3.63, 3.8) is 0 Å². The smallest absolute Gasteiger partial charge is 0.252 e. The van der Waals surface area contributed by atoms with Gasteiger partial charge < -0.3 is 4.85 Å². The Morgan fingerprint density at radius 1 is 1.61 bits per heavy atom. The SMILES string of the molecule is [C-]#[N+]C1CC(C)(C)c2c1cnc1c(Br)c(F)nn21. The number of halogens is 2. The van der Waals surface area contributed by atoms with E-state index in [9.17, 15) is 4.39 Å². The summed E-state index contributed by atoms with van der Waals surface area (Å²) in [4.78, 5) is 7.83. The second-order valence-electron chi connectivity index (χ2n) is 5.14. The van der Waals surface area contributed by atoms with Gasteiger partial charge >= 0.3 is 0 Å². The van der Waals surface area contributed by atoms with Gasteiger partial charge in [-0.1, -0.05) is 13.8 Å². The van der Waals surface area contributed by atoms with Crippen molar-refractivity contribution in [2.75, 3.05) is 0 Å². The summed E-state index contributed by atoms with van der Waals surface area (Å²) in [7, 11) is 0. The van der Waals surface area contributed by atoms with Gasteiger partial charge in [0, 0.05) is 18.0 Å². The number of hydrogen-bond donors (Lipinski definition) is 0. The molecule has 0 amide bonds. The second kappa shape index (κ2) is 3.51. The molecule has 2 heterocycles. The molecule has 1 aliphatic carbocycles. The summed E-state index contributed by atoms with van der Waals surface area (Å²) in [6, 6.07) is -0.210. The Bertz CT molecular complexity index is 698. The normalized spacial score (nSPS) is 20.9. The highest BCUT2D eigenvalue weighted by Crippen LogP contribution is 2.46. The van der Waals surface area contributed by atoms with Crippen molar-refractivity contribution < 1.29 is 4.39 Å².